The Hall–Kier alpha value is -0.0400. The predicted molar refractivity (Wildman–Crippen MR) is 77.1 cm³/mol. The number of ketones is 1. The van der Waals surface area contributed by atoms with Crippen LogP contribution in [0.3, 0.4) is 0 Å². The van der Waals surface area contributed by atoms with Gasteiger partial charge in [0.2, 0.25) is 0 Å². The van der Waals surface area contributed by atoms with Crippen LogP contribution in [-0.4, -0.2) is 11.7 Å². The third kappa shape index (κ3) is 3.50. The van der Waals surface area contributed by atoms with Gasteiger partial charge in [-0.25, -0.2) is 0 Å². The monoisotopic (exact) mass is 270 g/mol. The molecule has 0 radical (unpaired) electrons. The molecule has 0 heterocycles. The Morgan fingerprint density at radius 2 is 1.89 bits per heavy atom. The number of rotatable bonds is 5. The molecule has 0 amide bonds. The average Bonchev–Trinajstić information content (AvgIpc) is 2.40. The standard InChI is InChI=1S/C16H27ClO/c17-12-5-4-10-16(11-6-9-15(18)13-16)14-7-2-1-3-8-14/h14H,1-13H2. The summed E-state index contributed by atoms with van der Waals surface area (Å²) in [6.07, 6.45) is 14.6. The van der Waals surface area contributed by atoms with Crippen LogP contribution in [0.25, 0.3) is 0 Å². The van der Waals surface area contributed by atoms with E-state index in [0.29, 0.717) is 11.2 Å². The highest BCUT2D eigenvalue weighted by Crippen LogP contribution is 2.50. The molecule has 104 valence electrons. The van der Waals surface area contributed by atoms with Gasteiger partial charge < -0.3 is 0 Å². The zero-order valence-corrected chi connectivity index (χ0v) is 12.3. The van der Waals surface area contributed by atoms with Gasteiger partial charge in [-0.3, -0.25) is 4.79 Å². The number of hydrogen-bond donors (Lipinski definition) is 0. The van der Waals surface area contributed by atoms with Crippen molar-refractivity contribution >= 4 is 17.4 Å². The van der Waals surface area contributed by atoms with E-state index in [-0.39, 0.29) is 0 Å². The summed E-state index contributed by atoms with van der Waals surface area (Å²) in [5, 5.41) is 0. The normalized spacial score (nSPS) is 30.6. The van der Waals surface area contributed by atoms with E-state index in [2.05, 4.69) is 0 Å². The van der Waals surface area contributed by atoms with Crippen LogP contribution in [-0.2, 0) is 4.79 Å². The molecule has 0 bridgehead atoms. The topological polar surface area (TPSA) is 17.1 Å². The second kappa shape index (κ2) is 6.93. The molecule has 0 aliphatic heterocycles. The van der Waals surface area contributed by atoms with Crippen LogP contribution >= 0.6 is 11.6 Å². The highest BCUT2D eigenvalue weighted by molar-refractivity contribution is 6.17. The lowest BCUT2D eigenvalue weighted by Gasteiger charge is -2.45. The Bertz CT molecular complexity index is 270. The number of alkyl halides is 1. The lowest BCUT2D eigenvalue weighted by Crippen LogP contribution is -2.37. The van der Waals surface area contributed by atoms with E-state index >= 15 is 0 Å². The van der Waals surface area contributed by atoms with Crippen LogP contribution in [0, 0.1) is 11.3 Å². The molecular formula is C16H27ClO. The molecule has 2 fully saturated rings. The quantitative estimate of drug-likeness (QED) is 0.501. The van der Waals surface area contributed by atoms with E-state index in [1.54, 1.807) is 0 Å². The van der Waals surface area contributed by atoms with Crippen molar-refractivity contribution in [1.82, 2.24) is 0 Å². The molecule has 2 aliphatic carbocycles. The number of Topliss-reactive ketones (excluding diaryl/α,β-unsaturated/α-hetero) is 1. The Morgan fingerprint density at radius 1 is 1.11 bits per heavy atom. The molecule has 1 unspecified atom stereocenters. The SMILES string of the molecule is O=C1CCCC(CCCCCl)(C2CCCCC2)C1. The van der Waals surface area contributed by atoms with Crippen LogP contribution in [0.5, 0.6) is 0 Å². The number of halogens is 1. The van der Waals surface area contributed by atoms with Gasteiger partial charge >= 0.3 is 0 Å². The zero-order chi connectivity index (χ0) is 12.8. The summed E-state index contributed by atoms with van der Waals surface area (Å²) in [5.41, 5.74) is 0.363. The van der Waals surface area contributed by atoms with Gasteiger partial charge in [-0.05, 0) is 49.9 Å². The number of carbonyl (C=O) groups is 1. The van der Waals surface area contributed by atoms with Crippen molar-refractivity contribution in [2.45, 2.75) is 77.0 Å². The first kappa shape index (κ1) is 14.4. The average molecular weight is 271 g/mol. The molecule has 2 heteroatoms. The van der Waals surface area contributed by atoms with Crippen molar-refractivity contribution in [3.05, 3.63) is 0 Å². The molecule has 2 saturated carbocycles. The molecule has 0 aromatic carbocycles. The molecule has 2 aliphatic rings. The molecule has 0 aromatic rings. The highest BCUT2D eigenvalue weighted by Gasteiger charge is 2.41. The van der Waals surface area contributed by atoms with Crippen molar-refractivity contribution in [2.75, 3.05) is 5.88 Å². The van der Waals surface area contributed by atoms with E-state index in [9.17, 15) is 4.79 Å². The fraction of sp³-hybridized carbons (Fsp3) is 0.938. The third-order valence-corrected chi connectivity index (χ3v) is 5.48. The smallest absolute Gasteiger partial charge is 0.133 e. The molecule has 2 rings (SSSR count). The van der Waals surface area contributed by atoms with Gasteiger partial charge in [0, 0.05) is 18.7 Å². The lowest BCUT2D eigenvalue weighted by molar-refractivity contribution is -0.126. The summed E-state index contributed by atoms with van der Waals surface area (Å²) < 4.78 is 0. The van der Waals surface area contributed by atoms with Crippen LogP contribution in [0.1, 0.15) is 77.0 Å². The summed E-state index contributed by atoms with van der Waals surface area (Å²) >= 11 is 5.81. The summed E-state index contributed by atoms with van der Waals surface area (Å²) in [5.74, 6) is 2.12. The van der Waals surface area contributed by atoms with Crippen LogP contribution in [0.4, 0.5) is 0 Å². The van der Waals surface area contributed by atoms with Crippen molar-refractivity contribution < 1.29 is 4.79 Å². The Balaban J connectivity index is 2.02. The fourth-order valence-corrected chi connectivity index (χ4v) is 4.45. The minimum absolute atomic E-state index is 0.363. The molecule has 18 heavy (non-hydrogen) atoms. The van der Waals surface area contributed by atoms with Gasteiger partial charge in [0.15, 0.2) is 0 Å². The fourth-order valence-electron chi connectivity index (χ4n) is 4.26. The minimum atomic E-state index is 0.363. The minimum Gasteiger partial charge on any atom is -0.300 e. The first-order chi connectivity index (χ1) is 8.77. The van der Waals surface area contributed by atoms with Gasteiger partial charge in [0.25, 0.3) is 0 Å². The second-order valence-corrected chi connectivity index (χ2v) is 6.79. The summed E-state index contributed by atoms with van der Waals surface area (Å²) in [7, 11) is 0. The van der Waals surface area contributed by atoms with Gasteiger partial charge in [-0.1, -0.05) is 25.7 Å². The van der Waals surface area contributed by atoms with Crippen molar-refractivity contribution in [1.29, 1.82) is 0 Å². The van der Waals surface area contributed by atoms with E-state index < -0.39 is 0 Å². The molecule has 0 saturated heterocycles. The van der Waals surface area contributed by atoms with Crippen LogP contribution in [0.2, 0.25) is 0 Å². The van der Waals surface area contributed by atoms with Crippen molar-refractivity contribution in [3.8, 4) is 0 Å². The maximum Gasteiger partial charge on any atom is 0.133 e. The first-order valence-electron chi connectivity index (χ1n) is 7.84. The Morgan fingerprint density at radius 3 is 2.56 bits per heavy atom. The van der Waals surface area contributed by atoms with Crippen molar-refractivity contribution in [2.24, 2.45) is 11.3 Å². The number of unbranched alkanes of at least 4 members (excludes halogenated alkanes) is 1. The van der Waals surface area contributed by atoms with Gasteiger partial charge in [0.1, 0.15) is 5.78 Å². The van der Waals surface area contributed by atoms with Gasteiger partial charge in [0.05, 0.1) is 0 Å². The lowest BCUT2D eigenvalue weighted by atomic mass is 9.59. The van der Waals surface area contributed by atoms with Crippen LogP contribution < -0.4 is 0 Å². The van der Waals surface area contributed by atoms with E-state index in [0.717, 1.165) is 37.5 Å². The molecule has 1 atom stereocenters. The first-order valence-corrected chi connectivity index (χ1v) is 8.38. The summed E-state index contributed by atoms with van der Waals surface area (Å²) in [4.78, 5) is 11.9. The Kier molecular flexibility index (Phi) is 5.54. The largest absolute Gasteiger partial charge is 0.300 e. The molecule has 0 spiro atoms. The second-order valence-electron chi connectivity index (χ2n) is 6.41. The molecular weight excluding hydrogens is 244 g/mol. The summed E-state index contributed by atoms with van der Waals surface area (Å²) in [6, 6.07) is 0. The summed E-state index contributed by atoms with van der Waals surface area (Å²) in [6.45, 7) is 0. The van der Waals surface area contributed by atoms with E-state index in [1.807, 2.05) is 0 Å². The van der Waals surface area contributed by atoms with E-state index in [4.69, 9.17) is 11.6 Å². The number of hydrogen-bond acceptors (Lipinski definition) is 1. The van der Waals surface area contributed by atoms with Crippen LogP contribution in [0.15, 0.2) is 0 Å². The van der Waals surface area contributed by atoms with Gasteiger partial charge in [-0.2, -0.15) is 0 Å². The maximum atomic E-state index is 11.9. The highest BCUT2D eigenvalue weighted by atomic mass is 35.5. The Labute approximate surface area is 117 Å². The molecule has 0 aromatic heterocycles. The maximum absolute atomic E-state index is 11.9. The molecule has 0 N–H and O–H groups in total. The van der Waals surface area contributed by atoms with E-state index in [1.165, 1.54) is 51.4 Å². The number of carbonyl (C=O) groups excluding carboxylic acids is 1. The zero-order valence-electron chi connectivity index (χ0n) is 11.6. The molecule has 1 nitrogen and oxygen atoms in total. The third-order valence-electron chi connectivity index (χ3n) is 5.21. The predicted octanol–water partition coefficient (Wildman–Crippen LogP) is 5.11. The van der Waals surface area contributed by atoms with Crippen molar-refractivity contribution in [3.63, 3.8) is 0 Å². The van der Waals surface area contributed by atoms with Gasteiger partial charge in [-0.15, -0.1) is 11.6 Å².